The molecule has 2 N–H and O–H groups in total. The van der Waals surface area contributed by atoms with Gasteiger partial charge in [-0.05, 0) is 111 Å². The molecule has 4 aliphatic rings. The molecule has 4 saturated carbocycles. The molecule has 1 atom stereocenters. The van der Waals surface area contributed by atoms with Crippen molar-refractivity contribution >= 4 is 17.6 Å². The van der Waals surface area contributed by atoms with Crippen LogP contribution in [0.2, 0.25) is 0 Å². The maximum Gasteiger partial charge on any atom is 0.245 e. The number of methoxy groups -OCH3 is 1. The van der Waals surface area contributed by atoms with E-state index in [0.29, 0.717) is 6.54 Å². The molecular weight excluding hydrogens is 578 g/mol. The number of hydrogen-bond acceptors (Lipinski definition) is 6. The van der Waals surface area contributed by atoms with Crippen LogP contribution >= 0.6 is 0 Å². The van der Waals surface area contributed by atoms with Crippen LogP contribution in [0.3, 0.4) is 0 Å². The van der Waals surface area contributed by atoms with Gasteiger partial charge < -0.3 is 15.2 Å². The van der Waals surface area contributed by atoms with Crippen LogP contribution in [0.5, 0.6) is 5.75 Å². The predicted molar refractivity (Wildman–Crippen MR) is 179 cm³/mol. The van der Waals surface area contributed by atoms with Crippen molar-refractivity contribution in [3.63, 3.8) is 0 Å². The van der Waals surface area contributed by atoms with Crippen molar-refractivity contribution in [1.29, 1.82) is 0 Å². The third-order valence-corrected chi connectivity index (χ3v) is 11.3. The Kier molecular flexibility index (Phi) is 9.50. The van der Waals surface area contributed by atoms with Crippen molar-refractivity contribution in [1.82, 2.24) is 20.1 Å². The highest BCUT2D eigenvalue weighted by molar-refractivity contribution is 5.95. The Balaban J connectivity index is 1.23. The van der Waals surface area contributed by atoms with Crippen molar-refractivity contribution in [3.05, 3.63) is 60.0 Å². The van der Waals surface area contributed by atoms with Gasteiger partial charge in [0.25, 0.3) is 0 Å². The molecule has 2 bridgehead atoms. The molecule has 4 aliphatic carbocycles. The molecule has 1 aromatic carbocycles. The Hall–Kier alpha value is -3.72. The fourth-order valence-corrected chi connectivity index (χ4v) is 8.20. The number of aromatic nitrogens is 3. The fourth-order valence-electron chi connectivity index (χ4n) is 8.20. The van der Waals surface area contributed by atoms with Crippen molar-refractivity contribution in [2.45, 2.75) is 95.9 Å². The number of ether oxygens (including phenoxy) is 1. The summed E-state index contributed by atoms with van der Waals surface area (Å²) in [5.74, 6) is 1.56. The highest BCUT2D eigenvalue weighted by Gasteiger charge is 2.50. The standard InChI is InChI=1S/C37H49N5O4/c1-26-19-31(9-10-32(26)46-3)37-15-12-36(13-16-37,14-17-37)25-41(35(45)28-7-5-4-6-8-28)33-20-29(11-18-38-33)30-22-40-42(23-30)27(2)21-39-34(44)24-43/h9-11,18-20,22-23,27-28,43H,4-8,12-17,21,24-25H2,1-3H3,(H,39,44). The monoisotopic (exact) mass is 627 g/mol. The summed E-state index contributed by atoms with van der Waals surface area (Å²) in [6.07, 6.45) is 17.7. The quantitative estimate of drug-likeness (QED) is 0.265. The third kappa shape index (κ3) is 6.57. The third-order valence-electron chi connectivity index (χ3n) is 11.3. The van der Waals surface area contributed by atoms with Crippen LogP contribution in [-0.4, -0.2) is 58.5 Å². The average molecular weight is 628 g/mol. The number of fused-ring (bicyclic) bond motifs is 3. The van der Waals surface area contributed by atoms with E-state index in [1.165, 1.54) is 17.5 Å². The van der Waals surface area contributed by atoms with E-state index in [9.17, 15) is 9.59 Å². The first-order valence-corrected chi connectivity index (χ1v) is 17.1. The Morgan fingerprint density at radius 3 is 2.48 bits per heavy atom. The van der Waals surface area contributed by atoms with Gasteiger partial charge >= 0.3 is 0 Å². The lowest BCUT2D eigenvalue weighted by Gasteiger charge is -2.55. The lowest BCUT2D eigenvalue weighted by molar-refractivity contribution is -0.124. The molecular formula is C37H49N5O4. The second-order valence-electron chi connectivity index (χ2n) is 14.1. The van der Waals surface area contributed by atoms with Crippen LogP contribution < -0.4 is 15.0 Å². The van der Waals surface area contributed by atoms with E-state index in [1.54, 1.807) is 7.11 Å². The van der Waals surface area contributed by atoms with Gasteiger partial charge in [-0.2, -0.15) is 5.10 Å². The number of amides is 2. The fraction of sp³-hybridized carbons (Fsp3) is 0.568. The summed E-state index contributed by atoms with van der Waals surface area (Å²) >= 11 is 0. The second kappa shape index (κ2) is 13.6. The zero-order valence-corrected chi connectivity index (χ0v) is 27.6. The van der Waals surface area contributed by atoms with Gasteiger partial charge in [-0.25, -0.2) is 4.98 Å². The van der Waals surface area contributed by atoms with Crippen molar-refractivity contribution in [2.75, 3.05) is 31.7 Å². The largest absolute Gasteiger partial charge is 0.496 e. The van der Waals surface area contributed by atoms with E-state index in [4.69, 9.17) is 14.8 Å². The highest BCUT2D eigenvalue weighted by atomic mass is 16.5. The van der Waals surface area contributed by atoms with E-state index in [-0.39, 0.29) is 28.7 Å². The summed E-state index contributed by atoms with van der Waals surface area (Å²) < 4.78 is 7.36. The van der Waals surface area contributed by atoms with E-state index >= 15 is 0 Å². The van der Waals surface area contributed by atoms with E-state index < -0.39 is 12.5 Å². The normalized spacial score (nSPS) is 23.6. The summed E-state index contributed by atoms with van der Waals surface area (Å²) in [7, 11) is 1.73. The Morgan fingerprint density at radius 1 is 1.07 bits per heavy atom. The number of rotatable bonds is 11. The van der Waals surface area contributed by atoms with Crippen molar-refractivity contribution in [3.8, 4) is 16.9 Å². The number of hydrogen-bond donors (Lipinski definition) is 2. The molecule has 9 nitrogen and oxygen atoms in total. The molecule has 2 heterocycles. The molecule has 46 heavy (non-hydrogen) atoms. The van der Waals surface area contributed by atoms with Gasteiger partial charge in [-0.15, -0.1) is 0 Å². The van der Waals surface area contributed by atoms with Crippen molar-refractivity contribution < 1.29 is 19.4 Å². The van der Waals surface area contributed by atoms with Gasteiger partial charge in [0.2, 0.25) is 11.8 Å². The minimum absolute atomic E-state index is 0.0573. The van der Waals surface area contributed by atoms with Crippen LogP contribution in [0.15, 0.2) is 48.9 Å². The second-order valence-corrected chi connectivity index (χ2v) is 14.1. The molecule has 0 saturated heterocycles. The topological polar surface area (TPSA) is 110 Å². The SMILES string of the molecule is COc1ccc(C23CCC(CN(C(=O)C4CCCCC4)c4cc(-c5cnn(C(C)CNC(=O)CO)c5)ccn4)(CC2)CC3)cc1C. The first kappa shape index (κ1) is 32.2. The number of aryl methyl sites for hydroxylation is 1. The summed E-state index contributed by atoms with van der Waals surface area (Å²) in [5, 5.41) is 16.3. The maximum absolute atomic E-state index is 14.3. The minimum atomic E-state index is -0.530. The molecule has 2 aromatic heterocycles. The first-order valence-electron chi connectivity index (χ1n) is 17.1. The molecule has 4 fully saturated rings. The molecule has 9 heteroatoms. The lowest BCUT2D eigenvalue weighted by atomic mass is 9.51. The number of anilines is 1. The van der Waals surface area contributed by atoms with Crippen LogP contribution in [0, 0.1) is 18.3 Å². The molecule has 0 spiro atoms. The Labute approximate surface area is 272 Å². The van der Waals surface area contributed by atoms with Crippen LogP contribution in [0.4, 0.5) is 5.82 Å². The summed E-state index contributed by atoms with van der Waals surface area (Å²) in [4.78, 5) is 32.7. The number of nitrogens with one attached hydrogen (secondary N) is 1. The zero-order valence-electron chi connectivity index (χ0n) is 27.6. The van der Waals surface area contributed by atoms with E-state index in [0.717, 1.165) is 93.4 Å². The highest BCUT2D eigenvalue weighted by Crippen LogP contribution is 2.58. The van der Waals surface area contributed by atoms with Gasteiger partial charge in [0.05, 0.1) is 19.3 Å². The predicted octanol–water partition coefficient (Wildman–Crippen LogP) is 6.14. The molecule has 2 amide bonds. The van der Waals surface area contributed by atoms with Gasteiger partial charge in [0.15, 0.2) is 0 Å². The van der Waals surface area contributed by atoms with Gasteiger partial charge in [0, 0.05) is 37.0 Å². The number of carbonyl (C=O) groups is 2. The first-order chi connectivity index (χ1) is 22.2. The van der Waals surface area contributed by atoms with Gasteiger partial charge in [-0.1, -0.05) is 31.4 Å². The van der Waals surface area contributed by atoms with E-state index in [1.807, 2.05) is 47.2 Å². The molecule has 3 aromatic rings. The molecule has 246 valence electrons. The van der Waals surface area contributed by atoms with Gasteiger partial charge in [-0.3, -0.25) is 19.2 Å². The molecule has 0 radical (unpaired) electrons. The number of benzene rings is 1. The molecule has 1 unspecified atom stereocenters. The zero-order chi connectivity index (χ0) is 32.3. The lowest BCUT2D eigenvalue weighted by Crippen LogP contribution is -2.51. The van der Waals surface area contributed by atoms with Crippen LogP contribution in [-0.2, 0) is 15.0 Å². The van der Waals surface area contributed by atoms with Crippen LogP contribution in [0.1, 0.15) is 94.7 Å². The summed E-state index contributed by atoms with van der Waals surface area (Å²) in [6, 6.07) is 10.7. The smallest absolute Gasteiger partial charge is 0.245 e. The number of carbonyl (C=O) groups excluding carboxylic acids is 2. The molecule has 0 aliphatic heterocycles. The summed E-state index contributed by atoms with van der Waals surface area (Å²) in [6.45, 7) is 4.66. The van der Waals surface area contributed by atoms with E-state index in [2.05, 4.69) is 35.5 Å². The summed E-state index contributed by atoms with van der Waals surface area (Å²) in [5.41, 5.74) is 4.84. The minimum Gasteiger partial charge on any atom is -0.496 e. The Morgan fingerprint density at radius 2 is 1.80 bits per heavy atom. The molecule has 7 rings (SSSR count). The number of aliphatic hydroxyl groups is 1. The van der Waals surface area contributed by atoms with Crippen LogP contribution in [0.25, 0.3) is 11.1 Å². The van der Waals surface area contributed by atoms with Crippen molar-refractivity contribution in [2.24, 2.45) is 11.3 Å². The maximum atomic E-state index is 14.3. The van der Waals surface area contributed by atoms with Gasteiger partial charge in [0.1, 0.15) is 18.2 Å². The number of pyridine rings is 1. The number of aliphatic hydroxyl groups excluding tert-OH is 1. The number of nitrogens with zero attached hydrogens (tertiary/aromatic N) is 4. The average Bonchev–Trinajstić information content (AvgIpc) is 3.61. The Bertz CT molecular complexity index is 1520.